The summed E-state index contributed by atoms with van der Waals surface area (Å²) in [4.78, 5) is 1.94. The first kappa shape index (κ1) is 17.3. The van der Waals surface area contributed by atoms with Crippen LogP contribution in [0.2, 0.25) is 0 Å². The lowest BCUT2D eigenvalue weighted by atomic mass is 10.1. The molecule has 1 unspecified atom stereocenters. The van der Waals surface area contributed by atoms with Gasteiger partial charge in [-0.25, -0.2) is 4.39 Å². The van der Waals surface area contributed by atoms with Crippen molar-refractivity contribution >= 4 is 10.2 Å². The topological polar surface area (TPSA) is 64.1 Å². The van der Waals surface area contributed by atoms with Gasteiger partial charge in [-0.3, -0.25) is 4.90 Å². The summed E-state index contributed by atoms with van der Waals surface area (Å²) in [5, 5.41) is 10.1. The van der Waals surface area contributed by atoms with Crippen LogP contribution >= 0.6 is 0 Å². The molecule has 1 aliphatic heterocycles. The van der Waals surface area contributed by atoms with Crippen molar-refractivity contribution in [1.29, 1.82) is 0 Å². The molecule has 1 atom stereocenters. The van der Waals surface area contributed by atoms with Crippen molar-refractivity contribution in [3.05, 3.63) is 35.6 Å². The molecule has 8 heteroatoms. The number of rotatable bonds is 5. The van der Waals surface area contributed by atoms with E-state index in [2.05, 4.69) is 0 Å². The van der Waals surface area contributed by atoms with Gasteiger partial charge >= 0.3 is 0 Å². The van der Waals surface area contributed by atoms with Crippen molar-refractivity contribution in [1.82, 2.24) is 13.5 Å². The first-order valence-electron chi connectivity index (χ1n) is 7.15. The van der Waals surface area contributed by atoms with Crippen molar-refractivity contribution in [2.45, 2.75) is 6.10 Å². The van der Waals surface area contributed by atoms with Gasteiger partial charge < -0.3 is 5.11 Å². The molecule has 1 saturated heterocycles. The molecule has 0 bridgehead atoms. The molecule has 1 fully saturated rings. The summed E-state index contributed by atoms with van der Waals surface area (Å²) in [7, 11) is -0.386. The van der Waals surface area contributed by atoms with Crippen LogP contribution in [0.4, 0.5) is 4.39 Å². The summed E-state index contributed by atoms with van der Waals surface area (Å²) in [6.45, 7) is 2.04. The highest BCUT2D eigenvalue weighted by atomic mass is 32.2. The Bertz CT molecular complexity index is 601. The Morgan fingerprint density at radius 2 is 1.82 bits per heavy atom. The molecule has 1 N–H and O–H groups in total. The van der Waals surface area contributed by atoms with Crippen molar-refractivity contribution in [2.75, 3.05) is 46.8 Å². The number of nitrogens with zero attached hydrogens (tertiary/aromatic N) is 3. The number of halogens is 1. The van der Waals surface area contributed by atoms with Crippen LogP contribution in [0.1, 0.15) is 11.7 Å². The molecule has 1 aromatic rings. The number of hydrogen-bond acceptors (Lipinski definition) is 4. The molecule has 1 heterocycles. The maximum Gasteiger partial charge on any atom is 0.281 e. The fraction of sp³-hybridized carbons (Fsp3) is 0.571. The molecule has 2 rings (SSSR count). The minimum atomic E-state index is -3.39. The highest BCUT2D eigenvalue weighted by Crippen LogP contribution is 2.19. The maximum absolute atomic E-state index is 13.6. The van der Waals surface area contributed by atoms with E-state index in [0.29, 0.717) is 26.2 Å². The van der Waals surface area contributed by atoms with E-state index in [0.717, 1.165) is 0 Å². The molecule has 124 valence electrons. The van der Waals surface area contributed by atoms with Crippen LogP contribution in [0.5, 0.6) is 0 Å². The second-order valence-electron chi connectivity index (χ2n) is 5.53. The van der Waals surface area contributed by atoms with Gasteiger partial charge in [-0.2, -0.15) is 17.0 Å². The molecular formula is C14H22FN3O3S. The van der Waals surface area contributed by atoms with E-state index in [-0.39, 0.29) is 12.1 Å². The number of benzene rings is 1. The molecule has 0 radical (unpaired) electrons. The lowest BCUT2D eigenvalue weighted by molar-refractivity contribution is 0.0889. The van der Waals surface area contributed by atoms with Gasteiger partial charge in [-0.1, -0.05) is 18.2 Å². The zero-order valence-corrected chi connectivity index (χ0v) is 13.6. The van der Waals surface area contributed by atoms with Crippen LogP contribution in [0, 0.1) is 5.82 Å². The maximum atomic E-state index is 13.6. The number of hydrogen-bond donors (Lipinski definition) is 1. The Labute approximate surface area is 130 Å². The first-order chi connectivity index (χ1) is 10.3. The van der Waals surface area contributed by atoms with Crippen molar-refractivity contribution in [3.8, 4) is 0 Å². The van der Waals surface area contributed by atoms with Crippen LogP contribution < -0.4 is 0 Å². The van der Waals surface area contributed by atoms with E-state index in [1.54, 1.807) is 18.2 Å². The lowest BCUT2D eigenvalue weighted by Gasteiger charge is -2.35. The summed E-state index contributed by atoms with van der Waals surface area (Å²) in [5.74, 6) is -0.427. The Balaban J connectivity index is 1.92. The van der Waals surface area contributed by atoms with Crippen LogP contribution in [0.25, 0.3) is 0 Å². The number of piperazine rings is 1. The standard InChI is InChI=1S/C14H22FN3O3S/c1-16(2)22(20,21)18-9-7-17(8-10-18)11-14(19)12-5-3-4-6-13(12)15/h3-6,14,19H,7-11H2,1-2H3. The van der Waals surface area contributed by atoms with Gasteiger partial charge in [0.05, 0.1) is 6.10 Å². The molecule has 22 heavy (non-hydrogen) atoms. The fourth-order valence-corrected chi connectivity index (χ4v) is 3.55. The van der Waals surface area contributed by atoms with Crippen LogP contribution in [-0.2, 0) is 10.2 Å². The Morgan fingerprint density at radius 3 is 2.36 bits per heavy atom. The van der Waals surface area contributed by atoms with Crippen molar-refractivity contribution < 1.29 is 17.9 Å². The van der Waals surface area contributed by atoms with Gasteiger partial charge in [0.1, 0.15) is 5.82 Å². The highest BCUT2D eigenvalue weighted by Gasteiger charge is 2.29. The van der Waals surface area contributed by atoms with Gasteiger partial charge in [0, 0.05) is 52.4 Å². The third-order valence-corrected chi connectivity index (χ3v) is 5.75. The summed E-state index contributed by atoms with van der Waals surface area (Å²) in [6, 6.07) is 6.15. The summed E-state index contributed by atoms with van der Waals surface area (Å²) in [6.07, 6.45) is -0.918. The molecule has 1 aromatic carbocycles. The van der Waals surface area contributed by atoms with E-state index in [9.17, 15) is 17.9 Å². The van der Waals surface area contributed by atoms with E-state index >= 15 is 0 Å². The lowest BCUT2D eigenvalue weighted by Crippen LogP contribution is -2.52. The normalized spacial score (nSPS) is 19.5. The second kappa shape index (κ2) is 7.01. The molecule has 0 amide bonds. The highest BCUT2D eigenvalue weighted by molar-refractivity contribution is 7.86. The smallest absolute Gasteiger partial charge is 0.281 e. The Hall–Kier alpha value is -1.06. The van der Waals surface area contributed by atoms with Crippen LogP contribution in [0.15, 0.2) is 24.3 Å². The van der Waals surface area contributed by atoms with Crippen LogP contribution in [0.3, 0.4) is 0 Å². The molecule has 1 aliphatic rings. The van der Waals surface area contributed by atoms with Gasteiger partial charge in [-0.05, 0) is 6.07 Å². The van der Waals surface area contributed by atoms with Crippen molar-refractivity contribution in [2.24, 2.45) is 0 Å². The molecule has 6 nitrogen and oxygen atoms in total. The Kier molecular flexibility index (Phi) is 5.51. The first-order valence-corrected chi connectivity index (χ1v) is 8.54. The Morgan fingerprint density at radius 1 is 1.23 bits per heavy atom. The zero-order chi connectivity index (χ0) is 16.3. The van der Waals surface area contributed by atoms with Gasteiger partial charge in [0.25, 0.3) is 10.2 Å². The molecule has 0 aliphatic carbocycles. The van der Waals surface area contributed by atoms with Crippen molar-refractivity contribution in [3.63, 3.8) is 0 Å². The van der Waals surface area contributed by atoms with E-state index < -0.39 is 22.1 Å². The molecule has 0 saturated carbocycles. The average Bonchev–Trinajstić information content (AvgIpc) is 2.48. The largest absolute Gasteiger partial charge is 0.387 e. The van der Waals surface area contributed by atoms with Gasteiger partial charge in [-0.15, -0.1) is 0 Å². The predicted molar refractivity (Wildman–Crippen MR) is 82.0 cm³/mol. The number of aliphatic hydroxyl groups is 1. The third kappa shape index (κ3) is 3.82. The summed E-state index contributed by atoms with van der Waals surface area (Å²) in [5.41, 5.74) is 0.269. The minimum absolute atomic E-state index is 0.269. The van der Waals surface area contributed by atoms with Crippen LogP contribution in [-0.4, -0.2) is 73.9 Å². The fourth-order valence-electron chi connectivity index (χ4n) is 2.46. The molecular weight excluding hydrogens is 309 g/mol. The summed E-state index contributed by atoms with van der Waals surface area (Å²) >= 11 is 0. The van der Waals surface area contributed by atoms with E-state index in [1.165, 1.54) is 28.8 Å². The number of β-amino-alcohol motifs (C(OH)–C–C–N with tert-alkyl or cyclic N) is 1. The molecule has 0 aromatic heterocycles. The molecule has 0 spiro atoms. The monoisotopic (exact) mass is 331 g/mol. The second-order valence-corrected chi connectivity index (χ2v) is 7.67. The predicted octanol–water partition coefficient (Wildman–Crippen LogP) is 0.283. The number of aliphatic hydroxyl groups excluding tert-OH is 1. The summed E-state index contributed by atoms with van der Waals surface area (Å²) < 4.78 is 40.3. The van der Waals surface area contributed by atoms with E-state index in [1.807, 2.05) is 4.90 Å². The zero-order valence-electron chi connectivity index (χ0n) is 12.8. The minimum Gasteiger partial charge on any atom is -0.387 e. The third-order valence-electron chi connectivity index (χ3n) is 3.81. The van der Waals surface area contributed by atoms with Gasteiger partial charge in [0.15, 0.2) is 0 Å². The SMILES string of the molecule is CN(C)S(=O)(=O)N1CCN(CC(O)c2ccccc2F)CC1. The van der Waals surface area contributed by atoms with Gasteiger partial charge in [0.2, 0.25) is 0 Å². The quantitative estimate of drug-likeness (QED) is 0.842. The van der Waals surface area contributed by atoms with E-state index in [4.69, 9.17) is 0 Å². The average molecular weight is 331 g/mol.